The lowest BCUT2D eigenvalue weighted by molar-refractivity contribution is -0.166. The number of aryl methyl sites for hydroxylation is 2. The molecular weight excluding hydrogens is 368 g/mol. The van der Waals surface area contributed by atoms with E-state index in [-0.39, 0.29) is 6.01 Å². The number of rotatable bonds is 8. The summed E-state index contributed by atoms with van der Waals surface area (Å²) in [6.07, 6.45) is 0.567. The van der Waals surface area contributed by atoms with Crippen LogP contribution in [0.4, 0.5) is 0 Å². The zero-order valence-corrected chi connectivity index (χ0v) is 16.7. The molecule has 2 aromatic carbocycles. The van der Waals surface area contributed by atoms with Crippen LogP contribution in [0.2, 0.25) is 0 Å². The van der Waals surface area contributed by atoms with Gasteiger partial charge in [-0.3, -0.25) is 4.79 Å². The molecular formula is C23H24N2O4. The number of aliphatic hydroxyl groups excluding tert-OH is 1. The molecule has 0 fully saturated rings. The van der Waals surface area contributed by atoms with Gasteiger partial charge in [0.1, 0.15) is 0 Å². The Morgan fingerprint density at radius 3 is 1.79 bits per heavy atom. The molecule has 1 N–H and O–H groups in total. The third kappa shape index (κ3) is 3.64. The first-order valence-corrected chi connectivity index (χ1v) is 9.26. The predicted molar refractivity (Wildman–Crippen MR) is 109 cm³/mol. The van der Waals surface area contributed by atoms with Crippen LogP contribution >= 0.6 is 0 Å². The van der Waals surface area contributed by atoms with Crippen molar-refractivity contribution in [3.8, 4) is 6.01 Å². The molecule has 6 nitrogen and oxygen atoms in total. The molecule has 0 saturated heterocycles. The number of benzene rings is 2. The molecule has 0 bridgehead atoms. The zero-order valence-electron chi connectivity index (χ0n) is 16.7. The van der Waals surface area contributed by atoms with Crippen LogP contribution in [0.1, 0.15) is 22.5 Å². The third-order valence-corrected chi connectivity index (χ3v) is 4.92. The van der Waals surface area contributed by atoms with E-state index in [4.69, 9.17) is 9.47 Å². The maximum atomic E-state index is 12.6. The summed E-state index contributed by atoms with van der Waals surface area (Å²) in [4.78, 5) is 21.1. The second-order valence-electron chi connectivity index (χ2n) is 6.82. The molecule has 0 aliphatic heterocycles. The van der Waals surface area contributed by atoms with Crippen molar-refractivity contribution in [2.75, 3.05) is 13.7 Å². The number of nitrogens with zero attached hydrogens (tertiary/aromatic N) is 2. The molecule has 3 aromatic rings. The topological polar surface area (TPSA) is 81.5 Å². The van der Waals surface area contributed by atoms with Crippen molar-refractivity contribution in [1.29, 1.82) is 0 Å². The van der Waals surface area contributed by atoms with Gasteiger partial charge in [0.05, 0.1) is 6.61 Å². The predicted octanol–water partition coefficient (Wildman–Crippen LogP) is 2.99. The number of hydrogen-bond acceptors (Lipinski definition) is 6. The highest BCUT2D eigenvalue weighted by Gasteiger charge is 2.57. The van der Waals surface area contributed by atoms with Crippen molar-refractivity contribution in [2.24, 2.45) is 0 Å². The summed E-state index contributed by atoms with van der Waals surface area (Å²) >= 11 is 0. The second kappa shape index (κ2) is 8.51. The summed E-state index contributed by atoms with van der Waals surface area (Å²) in [7, 11) is 1.49. The second-order valence-corrected chi connectivity index (χ2v) is 6.82. The average Bonchev–Trinajstić information content (AvgIpc) is 2.74. The first kappa shape index (κ1) is 20.6. The van der Waals surface area contributed by atoms with Gasteiger partial charge in [-0.15, -0.1) is 0 Å². The number of aromatic nitrogens is 2. The average molecular weight is 392 g/mol. The Morgan fingerprint density at radius 1 is 0.931 bits per heavy atom. The van der Waals surface area contributed by atoms with Crippen molar-refractivity contribution in [3.63, 3.8) is 0 Å². The number of ether oxygens (including phenoxy) is 2. The number of methoxy groups -OCH3 is 1. The molecule has 1 heterocycles. The minimum Gasteiger partial charge on any atom is -0.443 e. The number of aliphatic hydroxyl groups is 1. The smallest absolute Gasteiger partial charge is 0.318 e. The monoisotopic (exact) mass is 392 g/mol. The van der Waals surface area contributed by atoms with E-state index in [0.29, 0.717) is 28.8 Å². The molecule has 0 spiro atoms. The molecule has 1 aromatic heterocycles. The van der Waals surface area contributed by atoms with Crippen LogP contribution in [0, 0.1) is 13.8 Å². The van der Waals surface area contributed by atoms with Gasteiger partial charge in [0, 0.05) is 18.5 Å². The molecule has 0 saturated carbocycles. The minimum absolute atomic E-state index is 0.00284. The molecule has 0 aliphatic rings. The number of carbonyl (C=O) groups excluding carboxylic acids is 1. The number of aldehydes is 1. The van der Waals surface area contributed by atoms with Crippen LogP contribution < -0.4 is 4.74 Å². The lowest BCUT2D eigenvalue weighted by atomic mass is 9.73. The number of carbonyl (C=O) groups is 1. The van der Waals surface area contributed by atoms with E-state index >= 15 is 0 Å². The van der Waals surface area contributed by atoms with E-state index in [2.05, 4.69) is 9.97 Å². The molecule has 29 heavy (non-hydrogen) atoms. The first-order chi connectivity index (χ1) is 14.0. The summed E-state index contributed by atoms with van der Waals surface area (Å²) < 4.78 is 12.1. The quantitative estimate of drug-likeness (QED) is 0.594. The van der Waals surface area contributed by atoms with E-state index in [1.807, 2.05) is 60.7 Å². The van der Waals surface area contributed by atoms with E-state index in [1.165, 1.54) is 7.11 Å². The molecule has 6 heteroatoms. The maximum absolute atomic E-state index is 12.6. The van der Waals surface area contributed by atoms with Crippen LogP contribution in [0.5, 0.6) is 6.01 Å². The highest BCUT2D eigenvalue weighted by atomic mass is 16.6. The van der Waals surface area contributed by atoms with Crippen molar-refractivity contribution in [1.82, 2.24) is 9.97 Å². The molecule has 150 valence electrons. The first-order valence-electron chi connectivity index (χ1n) is 9.26. The fourth-order valence-electron chi connectivity index (χ4n) is 3.67. The van der Waals surface area contributed by atoms with Gasteiger partial charge < -0.3 is 14.6 Å². The molecule has 0 aliphatic carbocycles. The molecule has 0 unspecified atom stereocenters. The van der Waals surface area contributed by atoms with Gasteiger partial charge >= 0.3 is 6.01 Å². The Hall–Kier alpha value is -3.09. The van der Waals surface area contributed by atoms with Gasteiger partial charge in [-0.2, -0.15) is 0 Å². The Balaban J connectivity index is 2.28. The fourth-order valence-corrected chi connectivity index (χ4v) is 3.67. The largest absolute Gasteiger partial charge is 0.443 e. The summed E-state index contributed by atoms with van der Waals surface area (Å²) in [5.41, 5.74) is -0.587. The van der Waals surface area contributed by atoms with Crippen molar-refractivity contribution >= 4 is 6.29 Å². The SMILES string of the molecule is COC(c1ccccc1)(c1ccccc1)[C@](C=O)(CO)Oc1nc(C)cc(C)n1. The highest BCUT2D eigenvalue weighted by molar-refractivity contribution is 5.70. The maximum Gasteiger partial charge on any atom is 0.318 e. The van der Waals surface area contributed by atoms with Crippen LogP contribution in [0.3, 0.4) is 0 Å². The van der Waals surface area contributed by atoms with Crippen LogP contribution in [0.25, 0.3) is 0 Å². The summed E-state index contributed by atoms with van der Waals surface area (Å²) in [6, 6.07) is 20.2. The Bertz CT molecular complexity index is 903. The van der Waals surface area contributed by atoms with E-state index in [1.54, 1.807) is 19.9 Å². The Kier molecular flexibility index (Phi) is 6.06. The summed E-state index contributed by atoms with van der Waals surface area (Å²) in [6.45, 7) is 2.96. The Morgan fingerprint density at radius 2 is 1.41 bits per heavy atom. The van der Waals surface area contributed by atoms with Crippen molar-refractivity contribution in [3.05, 3.63) is 89.2 Å². The molecule has 0 amide bonds. The van der Waals surface area contributed by atoms with E-state index in [0.717, 1.165) is 0 Å². The number of hydrogen-bond donors (Lipinski definition) is 1. The zero-order chi connectivity index (χ0) is 20.9. The van der Waals surface area contributed by atoms with Crippen LogP contribution in [-0.4, -0.2) is 40.7 Å². The summed E-state index contributed by atoms with van der Waals surface area (Å²) in [5, 5.41) is 10.5. The normalized spacial score (nSPS) is 13.5. The van der Waals surface area contributed by atoms with Gasteiger partial charge in [0.15, 0.2) is 11.9 Å². The minimum atomic E-state index is -1.83. The van der Waals surface area contributed by atoms with Gasteiger partial charge in [0.25, 0.3) is 0 Å². The molecule has 1 atom stereocenters. The lowest BCUT2D eigenvalue weighted by Gasteiger charge is -2.45. The third-order valence-electron chi connectivity index (χ3n) is 4.92. The molecule has 0 radical (unpaired) electrons. The van der Waals surface area contributed by atoms with E-state index in [9.17, 15) is 9.90 Å². The molecule has 3 rings (SSSR count). The summed E-state index contributed by atoms with van der Waals surface area (Å²) in [5.74, 6) is 0. The van der Waals surface area contributed by atoms with E-state index < -0.39 is 17.8 Å². The highest BCUT2D eigenvalue weighted by Crippen LogP contribution is 2.43. The fraction of sp³-hybridized carbons (Fsp3) is 0.261. The Labute approximate surface area is 170 Å². The van der Waals surface area contributed by atoms with Gasteiger partial charge in [-0.1, -0.05) is 60.7 Å². The van der Waals surface area contributed by atoms with Crippen LogP contribution in [-0.2, 0) is 15.1 Å². The van der Waals surface area contributed by atoms with Crippen molar-refractivity contribution < 1.29 is 19.4 Å². The van der Waals surface area contributed by atoms with Gasteiger partial charge in [-0.05, 0) is 31.0 Å². The lowest BCUT2D eigenvalue weighted by Crippen LogP contribution is -2.61. The van der Waals surface area contributed by atoms with Gasteiger partial charge in [0.2, 0.25) is 5.60 Å². The van der Waals surface area contributed by atoms with Crippen molar-refractivity contribution in [2.45, 2.75) is 25.0 Å². The van der Waals surface area contributed by atoms with Crippen LogP contribution in [0.15, 0.2) is 66.7 Å². The standard InChI is InChI=1S/C23H24N2O4/c1-17-14-18(2)25-21(24-17)29-22(15-26,16-27)23(28-3,19-10-6-4-7-11-19)20-12-8-5-9-13-20/h4-15,27H,16H2,1-3H3/t22-/m0/s1. The van der Waals surface area contributed by atoms with Gasteiger partial charge in [-0.25, -0.2) is 9.97 Å².